The van der Waals surface area contributed by atoms with Gasteiger partial charge in [0.2, 0.25) is 0 Å². The maximum absolute atomic E-state index is 13.2. The Morgan fingerprint density at radius 3 is 2.38 bits per heavy atom. The third kappa shape index (κ3) is 3.25. The third-order valence-electron chi connectivity index (χ3n) is 3.39. The Morgan fingerprint density at radius 2 is 1.81 bits per heavy atom. The maximum atomic E-state index is 13.2. The van der Waals surface area contributed by atoms with Gasteiger partial charge in [-0.25, -0.2) is 8.78 Å². The van der Waals surface area contributed by atoms with Crippen LogP contribution in [0.4, 0.5) is 8.78 Å². The van der Waals surface area contributed by atoms with Gasteiger partial charge in [-0.05, 0) is 30.7 Å². The van der Waals surface area contributed by atoms with Crippen LogP contribution in [0.2, 0.25) is 0 Å². The second-order valence-corrected chi connectivity index (χ2v) is 4.99. The fourth-order valence-electron chi connectivity index (χ4n) is 2.01. The molecular weight excluding hydrogens is 274 g/mol. The molecule has 0 fully saturated rings. The second kappa shape index (κ2) is 6.01. The highest BCUT2D eigenvalue weighted by Crippen LogP contribution is 2.20. The molecule has 0 bridgehead atoms. The summed E-state index contributed by atoms with van der Waals surface area (Å²) >= 11 is 0. The van der Waals surface area contributed by atoms with E-state index in [0.29, 0.717) is 0 Å². The molecule has 0 saturated heterocycles. The van der Waals surface area contributed by atoms with E-state index in [9.17, 15) is 13.6 Å². The molecule has 0 aliphatic heterocycles. The van der Waals surface area contributed by atoms with E-state index < -0.39 is 23.1 Å². The summed E-state index contributed by atoms with van der Waals surface area (Å²) in [5.74, 6) is -2.56. The number of halogens is 2. The summed E-state index contributed by atoms with van der Waals surface area (Å²) in [6, 6.07) is 12.3. The fraction of sp³-hybridized carbons (Fsp3) is 0.188. The van der Waals surface area contributed by atoms with E-state index in [-0.39, 0.29) is 12.1 Å². The van der Waals surface area contributed by atoms with Crippen LogP contribution in [-0.4, -0.2) is 12.5 Å². The summed E-state index contributed by atoms with van der Waals surface area (Å²) in [6.07, 6.45) is 0. The molecule has 0 heterocycles. The zero-order valence-corrected chi connectivity index (χ0v) is 11.6. The molecule has 1 amide bonds. The third-order valence-corrected chi connectivity index (χ3v) is 3.39. The van der Waals surface area contributed by atoms with Crippen molar-refractivity contribution in [3.63, 3.8) is 0 Å². The highest BCUT2D eigenvalue weighted by Gasteiger charge is 2.27. The molecule has 3 nitrogen and oxygen atoms in total. The van der Waals surface area contributed by atoms with Crippen molar-refractivity contribution >= 4 is 5.91 Å². The molecule has 1 unspecified atom stereocenters. The van der Waals surface area contributed by atoms with Crippen molar-refractivity contribution in [1.82, 2.24) is 5.32 Å². The lowest BCUT2D eigenvalue weighted by atomic mass is 9.91. The molecule has 0 aliphatic rings. The van der Waals surface area contributed by atoms with E-state index in [4.69, 9.17) is 5.73 Å². The molecule has 2 aromatic rings. The molecule has 21 heavy (non-hydrogen) atoms. The van der Waals surface area contributed by atoms with Gasteiger partial charge in [-0.3, -0.25) is 4.79 Å². The average molecular weight is 290 g/mol. The number of benzene rings is 2. The predicted octanol–water partition coefficient (Wildman–Crippen LogP) is 2.57. The number of amides is 1. The van der Waals surface area contributed by atoms with E-state index in [0.717, 1.165) is 17.7 Å². The average Bonchev–Trinajstić information content (AvgIpc) is 2.50. The maximum Gasteiger partial charge on any atom is 0.252 e. The van der Waals surface area contributed by atoms with Gasteiger partial charge in [-0.2, -0.15) is 0 Å². The minimum atomic E-state index is -1.06. The summed E-state index contributed by atoms with van der Waals surface area (Å²) in [4.78, 5) is 12.2. The predicted molar refractivity (Wildman–Crippen MR) is 76.7 cm³/mol. The van der Waals surface area contributed by atoms with Gasteiger partial charge in [0.05, 0.1) is 5.54 Å². The van der Waals surface area contributed by atoms with Crippen LogP contribution >= 0.6 is 0 Å². The Labute approximate surface area is 121 Å². The zero-order valence-electron chi connectivity index (χ0n) is 11.6. The Kier molecular flexibility index (Phi) is 4.33. The van der Waals surface area contributed by atoms with Crippen molar-refractivity contribution in [1.29, 1.82) is 0 Å². The highest BCUT2D eigenvalue weighted by molar-refractivity contribution is 5.94. The Bertz CT molecular complexity index is 646. The topological polar surface area (TPSA) is 55.1 Å². The van der Waals surface area contributed by atoms with Crippen LogP contribution in [0, 0.1) is 11.6 Å². The summed E-state index contributed by atoms with van der Waals surface area (Å²) in [6.45, 7) is 1.95. The molecular formula is C16H16F2N2O. The smallest absolute Gasteiger partial charge is 0.252 e. The number of hydrogen-bond donors (Lipinski definition) is 2. The molecule has 0 radical (unpaired) electrons. The standard InChI is InChI=1S/C16H16F2N2O/c1-16(10-19,12-5-3-2-4-6-12)20-15(21)11-7-8-13(17)14(18)9-11/h2-9H,10,19H2,1H3,(H,20,21). The van der Waals surface area contributed by atoms with E-state index >= 15 is 0 Å². The number of nitrogens with two attached hydrogens (primary N) is 1. The van der Waals surface area contributed by atoms with E-state index in [1.165, 1.54) is 6.07 Å². The van der Waals surface area contributed by atoms with E-state index in [1.807, 2.05) is 30.3 Å². The summed E-state index contributed by atoms with van der Waals surface area (Å²) in [5.41, 5.74) is 5.86. The zero-order chi connectivity index (χ0) is 15.5. The van der Waals surface area contributed by atoms with Gasteiger partial charge >= 0.3 is 0 Å². The largest absolute Gasteiger partial charge is 0.342 e. The molecule has 1 atom stereocenters. The van der Waals surface area contributed by atoms with Gasteiger partial charge in [0.1, 0.15) is 0 Å². The molecule has 0 aliphatic carbocycles. The first kappa shape index (κ1) is 15.1. The summed E-state index contributed by atoms with van der Waals surface area (Å²) in [7, 11) is 0. The molecule has 0 saturated carbocycles. The van der Waals surface area contributed by atoms with Crippen molar-refractivity contribution < 1.29 is 13.6 Å². The van der Waals surface area contributed by atoms with Gasteiger partial charge < -0.3 is 11.1 Å². The Balaban J connectivity index is 2.26. The fourth-order valence-corrected chi connectivity index (χ4v) is 2.01. The Hall–Kier alpha value is -2.27. The quantitative estimate of drug-likeness (QED) is 0.909. The molecule has 5 heteroatoms. The number of carbonyl (C=O) groups excluding carboxylic acids is 1. The van der Waals surface area contributed by atoms with Crippen LogP contribution in [0.15, 0.2) is 48.5 Å². The lowest BCUT2D eigenvalue weighted by Gasteiger charge is -2.30. The van der Waals surface area contributed by atoms with Crippen molar-refractivity contribution in [2.45, 2.75) is 12.5 Å². The number of nitrogens with one attached hydrogen (secondary N) is 1. The van der Waals surface area contributed by atoms with Crippen LogP contribution in [0.1, 0.15) is 22.8 Å². The van der Waals surface area contributed by atoms with Crippen molar-refractivity contribution in [2.75, 3.05) is 6.54 Å². The SMILES string of the molecule is CC(CN)(NC(=O)c1ccc(F)c(F)c1)c1ccccc1. The van der Waals surface area contributed by atoms with Gasteiger partial charge in [-0.1, -0.05) is 30.3 Å². The van der Waals surface area contributed by atoms with Crippen LogP contribution < -0.4 is 11.1 Å². The minimum absolute atomic E-state index is 0.0458. The van der Waals surface area contributed by atoms with Crippen LogP contribution in [0.5, 0.6) is 0 Å². The molecule has 3 N–H and O–H groups in total. The van der Waals surface area contributed by atoms with Crippen molar-refractivity contribution in [2.24, 2.45) is 5.73 Å². The normalized spacial score (nSPS) is 13.5. The number of carbonyl (C=O) groups is 1. The summed E-state index contributed by atoms with van der Waals surface area (Å²) < 4.78 is 26.1. The van der Waals surface area contributed by atoms with Crippen LogP contribution in [0.3, 0.4) is 0 Å². The summed E-state index contributed by atoms with van der Waals surface area (Å²) in [5, 5.41) is 2.77. The lowest BCUT2D eigenvalue weighted by Crippen LogP contribution is -2.48. The Morgan fingerprint density at radius 1 is 1.14 bits per heavy atom. The molecule has 0 aromatic heterocycles. The van der Waals surface area contributed by atoms with E-state index in [1.54, 1.807) is 6.92 Å². The molecule has 2 aromatic carbocycles. The van der Waals surface area contributed by atoms with Crippen molar-refractivity contribution in [3.8, 4) is 0 Å². The van der Waals surface area contributed by atoms with Gasteiger partial charge in [0.15, 0.2) is 11.6 Å². The monoisotopic (exact) mass is 290 g/mol. The first-order chi connectivity index (χ1) is 9.96. The molecule has 110 valence electrons. The van der Waals surface area contributed by atoms with Crippen LogP contribution in [0.25, 0.3) is 0 Å². The lowest BCUT2D eigenvalue weighted by molar-refractivity contribution is 0.0907. The van der Waals surface area contributed by atoms with Crippen LogP contribution in [-0.2, 0) is 5.54 Å². The van der Waals surface area contributed by atoms with Gasteiger partial charge in [0, 0.05) is 12.1 Å². The first-order valence-electron chi connectivity index (χ1n) is 6.49. The second-order valence-electron chi connectivity index (χ2n) is 4.99. The van der Waals surface area contributed by atoms with Gasteiger partial charge in [0.25, 0.3) is 5.91 Å². The first-order valence-corrected chi connectivity index (χ1v) is 6.49. The van der Waals surface area contributed by atoms with Crippen molar-refractivity contribution in [3.05, 3.63) is 71.3 Å². The minimum Gasteiger partial charge on any atom is -0.342 e. The molecule has 0 spiro atoms. The highest BCUT2D eigenvalue weighted by atomic mass is 19.2. The van der Waals surface area contributed by atoms with Gasteiger partial charge in [-0.15, -0.1) is 0 Å². The number of rotatable bonds is 4. The number of hydrogen-bond acceptors (Lipinski definition) is 2. The molecule has 2 rings (SSSR count). The van der Waals surface area contributed by atoms with E-state index in [2.05, 4.69) is 5.32 Å².